The fourth-order valence-electron chi connectivity index (χ4n) is 3.01. The number of aromatic nitrogens is 2. The Morgan fingerprint density at radius 3 is 2.42 bits per heavy atom. The van der Waals surface area contributed by atoms with Crippen LogP contribution in [0.15, 0.2) is 24.3 Å². The highest BCUT2D eigenvalue weighted by atomic mass is 32.2. The quantitative estimate of drug-likeness (QED) is 0.889. The molecular weight excluding hydrogens is 324 g/mol. The van der Waals surface area contributed by atoms with Crippen LogP contribution in [0.1, 0.15) is 18.5 Å². The summed E-state index contributed by atoms with van der Waals surface area (Å²) in [7, 11) is -2.89. The van der Waals surface area contributed by atoms with Crippen LogP contribution in [0.5, 0.6) is 0 Å². The zero-order valence-corrected chi connectivity index (χ0v) is 15.0. The van der Waals surface area contributed by atoms with Crippen molar-refractivity contribution in [2.24, 2.45) is 0 Å². The van der Waals surface area contributed by atoms with Crippen molar-refractivity contribution < 1.29 is 8.42 Å². The molecule has 2 heterocycles. The zero-order valence-electron chi connectivity index (χ0n) is 14.2. The lowest BCUT2D eigenvalue weighted by Crippen LogP contribution is -2.41. The third-order valence-corrected chi connectivity index (χ3v) is 5.38. The van der Waals surface area contributed by atoms with E-state index in [-0.39, 0.29) is 5.75 Å². The minimum atomic E-state index is -2.89. The number of nitrogens with one attached hydrogen (secondary N) is 1. The number of para-hydroxylation sites is 2. The Hall–Kier alpha value is -1.73. The molecule has 6 nitrogen and oxygen atoms in total. The van der Waals surface area contributed by atoms with Crippen molar-refractivity contribution in [2.45, 2.75) is 25.8 Å². The molecule has 1 saturated heterocycles. The smallest absolute Gasteiger partial charge is 0.148 e. The summed E-state index contributed by atoms with van der Waals surface area (Å²) in [5.74, 6) is 1.09. The van der Waals surface area contributed by atoms with Crippen LogP contribution in [0, 0.1) is 6.92 Å². The molecule has 0 spiro atoms. The maximum Gasteiger partial charge on any atom is 0.148 e. The van der Waals surface area contributed by atoms with Gasteiger partial charge in [0.2, 0.25) is 0 Å². The van der Waals surface area contributed by atoms with Gasteiger partial charge in [-0.15, -0.1) is 0 Å². The van der Waals surface area contributed by atoms with Gasteiger partial charge in [0.25, 0.3) is 0 Å². The largest absolute Gasteiger partial charge is 0.366 e. The molecule has 0 atom stereocenters. The molecule has 24 heavy (non-hydrogen) atoms. The van der Waals surface area contributed by atoms with E-state index in [9.17, 15) is 8.42 Å². The molecule has 0 radical (unpaired) electrons. The van der Waals surface area contributed by atoms with E-state index in [4.69, 9.17) is 0 Å². The first kappa shape index (κ1) is 17.1. The highest BCUT2D eigenvalue weighted by Crippen LogP contribution is 2.20. The second-order valence-electron chi connectivity index (χ2n) is 6.54. The zero-order chi connectivity index (χ0) is 17.2. The van der Waals surface area contributed by atoms with Crippen LogP contribution in [0.4, 0.5) is 5.82 Å². The Balaban J connectivity index is 1.59. The summed E-state index contributed by atoms with van der Waals surface area (Å²) in [6.45, 7) is 4.42. The highest BCUT2D eigenvalue weighted by molar-refractivity contribution is 7.90. The van der Waals surface area contributed by atoms with E-state index in [0.29, 0.717) is 12.6 Å². The first-order valence-corrected chi connectivity index (χ1v) is 10.4. The molecule has 0 unspecified atom stereocenters. The predicted molar refractivity (Wildman–Crippen MR) is 97.1 cm³/mol. The Morgan fingerprint density at radius 2 is 1.79 bits per heavy atom. The number of rotatable bonds is 5. The molecule has 1 fully saturated rings. The number of hydrogen-bond acceptors (Lipinski definition) is 6. The average molecular weight is 348 g/mol. The molecule has 0 amide bonds. The number of nitrogens with zero attached hydrogens (tertiary/aromatic N) is 3. The van der Waals surface area contributed by atoms with E-state index < -0.39 is 9.84 Å². The SMILES string of the molecule is Cc1nc2ccccc2nc1NC1CCN(CCS(C)(=O)=O)CC1. The highest BCUT2D eigenvalue weighted by Gasteiger charge is 2.21. The van der Waals surface area contributed by atoms with Crippen molar-refractivity contribution in [3.63, 3.8) is 0 Å². The Kier molecular flexibility index (Phi) is 5.01. The van der Waals surface area contributed by atoms with Crippen molar-refractivity contribution in [3.05, 3.63) is 30.0 Å². The summed E-state index contributed by atoms with van der Waals surface area (Å²) in [5.41, 5.74) is 2.72. The molecule has 0 bridgehead atoms. The molecule has 3 rings (SSSR count). The molecule has 2 aromatic rings. The number of anilines is 1. The Morgan fingerprint density at radius 1 is 1.17 bits per heavy atom. The normalized spacial score (nSPS) is 17.2. The van der Waals surface area contributed by atoms with E-state index in [0.717, 1.165) is 48.5 Å². The standard InChI is InChI=1S/C17H24N4O2S/c1-13-17(20-16-6-4-3-5-15(16)18-13)19-14-7-9-21(10-8-14)11-12-24(2,22)23/h3-6,14H,7-12H2,1-2H3,(H,19,20). The van der Waals surface area contributed by atoms with Crippen LogP contribution >= 0.6 is 0 Å². The Labute approximate surface area is 143 Å². The van der Waals surface area contributed by atoms with Gasteiger partial charge in [0.1, 0.15) is 15.7 Å². The number of hydrogen-bond donors (Lipinski definition) is 1. The van der Waals surface area contributed by atoms with Gasteiger partial charge in [0, 0.05) is 31.9 Å². The topological polar surface area (TPSA) is 75.2 Å². The van der Waals surface area contributed by atoms with Crippen LogP contribution in [0.25, 0.3) is 11.0 Å². The van der Waals surface area contributed by atoms with Crippen LogP contribution in [-0.4, -0.2) is 61.0 Å². The monoisotopic (exact) mass is 348 g/mol. The summed E-state index contributed by atoms with van der Waals surface area (Å²) < 4.78 is 22.5. The summed E-state index contributed by atoms with van der Waals surface area (Å²) >= 11 is 0. The fraction of sp³-hybridized carbons (Fsp3) is 0.529. The molecule has 1 N–H and O–H groups in total. The van der Waals surface area contributed by atoms with Gasteiger partial charge in [-0.3, -0.25) is 0 Å². The minimum Gasteiger partial charge on any atom is -0.366 e. The van der Waals surface area contributed by atoms with Gasteiger partial charge in [-0.25, -0.2) is 18.4 Å². The maximum absolute atomic E-state index is 11.3. The van der Waals surface area contributed by atoms with Crippen LogP contribution in [0.3, 0.4) is 0 Å². The number of aryl methyl sites for hydroxylation is 1. The fourth-order valence-corrected chi connectivity index (χ4v) is 3.60. The second-order valence-corrected chi connectivity index (χ2v) is 8.80. The number of fused-ring (bicyclic) bond motifs is 1. The van der Waals surface area contributed by atoms with Crippen molar-refractivity contribution in [1.29, 1.82) is 0 Å². The molecule has 1 aromatic heterocycles. The summed E-state index contributed by atoms with van der Waals surface area (Å²) in [6, 6.07) is 8.24. The molecule has 0 aliphatic carbocycles. The number of likely N-dealkylation sites (tertiary alicyclic amines) is 1. The molecule has 1 aromatic carbocycles. The third kappa shape index (κ3) is 4.42. The molecule has 1 aliphatic rings. The summed E-state index contributed by atoms with van der Waals surface area (Å²) in [6.07, 6.45) is 3.26. The van der Waals surface area contributed by atoms with E-state index in [1.165, 1.54) is 6.26 Å². The molecule has 130 valence electrons. The van der Waals surface area contributed by atoms with Gasteiger partial charge in [-0.1, -0.05) is 12.1 Å². The first-order chi connectivity index (χ1) is 11.4. The van der Waals surface area contributed by atoms with Crippen LogP contribution in [0.2, 0.25) is 0 Å². The van der Waals surface area contributed by atoms with Crippen LogP contribution < -0.4 is 5.32 Å². The van der Waals surface area contributed by atoms with E-state index in [2.05, 4.69) is 20.2 Å². The number of piperidine rings is 1. The lowest BCUT2D eigenvalue weighted by atomic mass is 10.1. The average Bonchev–Trinajstić information content (AvgIpc) is 2.54. The maximum atomic E-state index is 11.3. The van der Waals surface area contributed by atoms with Crippen molar-refractivity contribution in [3.8, 4) is 0 Å². The lowest BCUT2D eigenvalue weighted by Gasteiger charge is -2.32. The second kappa shape index (κ2) is 7.03. The minimum absolute atomic E-state index is 0.236. The lowest BCUT2D eigenvalue weighted by molar-refractivity contribution is 0.230. The van der Waals surface area contributed by atoms with Gasteiger partial charge in [0.15, 0.2) is 0 Å². The van der Waals surface area contributed by atoms with Gasteiger partial charge in [-0.2, -0.15) is 0 Å². The molecule has 0 saturated carbocycles. The molecule has 1 aliphatic heterocycles. The predicted octanol–water partition coefficient (Wildman–Crippen LogP) is 1.86. The van der Waals surface area contributed by atoms with Gasteiger partial charge < -0.3 is 10.2 Å². The van der Waals surface area contributed by atoms with Crippen molar-refractivity contribution in [1.82, 2.24) is 14.9 Å². The van der Waals surface area contributed by atoms with Gasteiger partial charge >= 0.3 is 0 Å². The van der Waals surface area contributed by atoms with E-state index in [1.54, 1.807) is 0 Å². The van der Waals surface area contributed by atoms with Crippen molar-refractivity contribution in [2.75, 3.05) is 37.0 Å². The van der Waals surface area contributed by atoms with Crippen LogP contribution in [-0.2, 0) is 9.84 Å². The Bertz CT molecular complexity index is 814. The van der Waals surface area contributed by atoms with Gasteiger partial charge in [-0.05, 0) is 31.9 Å². The molecule has 7 heteroatoms. The van der Waals surface area contributed by atoms with Gasteiger partial charge in [0.05, 0.1) is 22.5 Å². The van der Waals surface area contributed by atoms with Crippen molar-refractivity contribution >= 4 is 26.7 Å². The number of sulfone groups is 1. The van der Waals surface area contributed by atoms with E-state index >= 15 is 0 Å². The van der Waals surface area contributed by atoms with E-state index in [1.807, 2.05) is 31.2 Å². The molecular formula is C17H24N4O2S. The summed E-state index contributed by atoms with van der Waals surface area (Å²) in [4.78, 5) is 11.5. The number of benzene rings is 1. The third-order valence-electron chi connectivity index (χ3n) is 4.45. The first-order valence-electron chi connectivity index (χ1n) is 8.31. The summed E-state index contributed by atoms with van der Waals surface area (Å²) in [5, 5.41) is 3.52.